The number of likely N-dealkylation sites (tertiary alicyclic amines) is 1. The van der Waals surface area contributed by atoms with Crippen LogP contribution >= 0.6 is 11.6 Å². The number of aliphatic hydroxyl groups is 1. The maximum atomic E-state index is 14.1. The average Bonchev–Trinajstić information content (AvgIpc) is 3.19. The van der Waals surface area contributed by atoms with Crippen LogP contribution in [0.3, 0.4) is 0 Å². The van der Waals surface area contributed by atoms with Crippen LogP contribution in [0.15, 0.2) is 54.1 Å². The van der Waals surface area contributed by atoms with Crippen molar-refractivity contribution in [2.75, 3.05) is 31.7 Å². The third kappa shape index (κ3) is 3.43. The number of methoxy groups -OCH3 is 1. The lowest BCUT2D eigenvalue weighted by atomic mass is 9.82. The van der Waals surface area contributed by atoms with Crippen molar-refractivity contribution in [2.24, 2.45) is 0 Å². The fourth-order valence-corrected chi connectivity index (χ4v) is 4.86. The lowest BCUT2D eigenvalue weighted by Crippen LogP contribution is -2.52. The maximum absolute atomic E-state index is 14.1. The molecule has 1 fully saturated rings. The first kappa shape index (κ1) is 23.0. The van der Waals surface area contributed by atoms with Crippen LogP contribution in [-0.2, 0) is 24.7 Å². The Morgan fingerprint density at radius 2 is 1.76 bits per heavy atom. The average molecular weight is 469 g/mol. The number of hydrogen-bond acceptors (Lipinski definition) is 5. The number of para-hydroxylation sites is 1. The third-order valence-corrected chi connectivity index (χ3v) is 6.36. The highest BCUT2D eigenvalue weighted by Crippen LogP contribution is 2.53. The molecule has 0 saturated carbocycles. The number of amides is 2. The highest BCUT2D eigenvalue weighted by Gasteiger charge is 2.66. The quantitative estimate of drug-likeness (QED) is 0.290. The largest absolute Gasteiger partial charge is 0.507 e. The Kier molecular flexibility index (Phi) is 6.28. The summed E-state index contributed by atoms with van der Waals surface area (Å²) >= 11 is 5.99. The van der Waals surface area contributed by atoms with Crippen molar-refractivity contribution in [3.05, 3.63) is 70.3 Å². The van der Waals surface area contributed by atoms with E-state index in [1.54, 1.807) is 54.5 Å². The molecule has 0 unspecified atom stereocenters. The van der Waals surface area contributed by atoms with Crippen molar-refractivity contribution in [1.29, 1.82) is 0 Å². The number of anilines is 1. The molecule has 2 aromatic carbocycles. The summed E-state index contributed by atoms with van der Waals surface area (Å²) in [5.74, 6) is -2.53. The molecule has 2 aliphatic rings. The molecule has 7 nitrogen and oxygen atoms in total. The minimum Gasteiger partial charge on any atom is -0.507 e. The summed E-state index contributed by atoms with van der Waals surface area (Å²) in [4.78, 5) is 43.6. The smallest absolute Gasteiger partial charge is 0.296 e. The van der Waals surface area contributed by atoms with Gasteiger partial charge in [-0.05, 0) is 43.2 Å². The fraction of sp³-hybridized carbons (Fsp3) is 0.320. The Labute approximate surface area is 197 Å². The molecule has 0 aliphatic carbocycles. The Balaban J connectivity index is 2.01. The third-order valence-electron chi connectivity index (χ3n) is 6.10. The molecular weight excluding hydrogens is 444 g/mol. The maximum Gasteiger partial charge on any atom is 0.296 e. The van der Waals surface area contributed by atoms with Crippen LogP contribution in [0.5, 0.6) is 0 Å². The van der Waals surface area contributed by atoms with E-state index in [4.69, 9.17) is 16.3 Å². The molecule has 172 valence electrons. The van der Waals surface area contributed by atoms with E-state index in [1.807, 2.05) is 13.0 Å². The SMILES string of the molecule is CCCN1C(=O)[C@]2(C(=C(O)c3ccc(Cl)cc3)C(=O)C(=O)N2CCCOC)c2ccccc21. The summed E-state index contributed by atoms with van der Waals surface area (Å²) in [6.07, 6.45) is 1.11. The summed E-state index contributed by atoms with van der Waals surface area (Å²) in [6.45, 7) is 2.84. The first-order chi connectivity index (χ1) is 15.9. The minimum absolute atomic E-state index is 0.121. The van der Waals surface area contributed by atoms with E-state index < -0.39 is 28.9 Å². The van der Waals surface area contributed by atoms with Crippen molar-refractivity contribution in [2.45, 2.75) is 25.3 Å². The van der Waals surface area contributed by atoms with Gasteiger partial charge in [-0.3, -0.25) is 14.4 Å². The monoisotopic (exact) mass is 468 g/mol. The molecule has 2 amide bonds. The summed E-state index contributed by atoms with van der Waals surface area (Å²) in [5, 5.41) is 11.8. The van der Waals surface area contributed by atoms with Gasteiger partial charge in [0, 0.05) is 43.0 Å². The van der Waals surface area contributed by atoms with Gasteiger partial charge in [0.25, 0.3) is 17.6 Å². The van der Waals surface area contributed by atoms with Crippen molar-refractivity contribution in [3.8, 4) is 0 Å². The fourth-order valence-electron chi connectivity index (χ4n) is 4.73. The zero-order valence-electron chi connectivity index (χ0n) is 18.5. The Morgan fingerprint density at radius 1 is 1.06 bits per heavy atom. The molecule has 2 aromatic rings. The molecule has 0 radical (unpaired) electrons. The van der Waals surface area contributed by atoms with Crippen molar-refractivity contribution < 1.29 is 24.2 Å². The standard InChI is InChI=1S/C25H25ClN2O5/c1-3-13-27-19-8-5-4-7-18(19)25(24(27)32)20(21(29)16-9-11-17(26)12-10-16)22(30)23(31)28(25)14-6-15-33-2/h4-5,7-12,29H,3,6,13-15H2,1-2H3/t25-/m1/s1. The summed E-state index contributed by atoms with van der Waals surface area (Å²) < 4.78 is 5.13. The van der Waals surface area contributed by atoms with Crippen LogP contribution in [0.2, 0.25) is 5.02 Å². The van der Waals surface area contributed by atoms with Crippen LogP contribution in [0.1, 0.15) is 30.9 Å². The van der Waals surface area contributed by atoms with Gasteiger partial charge in [0.2, 0.25) is 0 Å². The van der Waals surface area contributed by atoms with Gasteiger partial charge < -0.3 is 19.6 Å². The van der Waals surface area contributed by atoms with Gasteiger partial charge in [-0.25, -0.2) is 0 Å². The van der Waals surface area contributed by atoms with Gasteiger partial charge in [0.05, 0.1) is 11.3 Å². The number of hydrogen-bond donors (Lipinski definition) is 1. The molecule has 2 aliphatic heterocycles. The van der Waals surface area contributed by atoms with Gasteiger partial charge in [0.15, 0.2) is 5.54 Å². The highest BCUT2D eigenvalue weighted by molar-refractivity contribution is 6.50. The predicted octanol–water partition coefficient (Wildman–Crippen LogP) is 3.71. The van der Waals surface area contributed by atoms with Crippen molar-refractivity contribution in [3.63, 3.8) is 0 Å². The van der Waals surface area contributed by atoms with E-state index >= 15 is 0 Å². The second kappa shape index (κ2) is 9.00. The number of carbonyl (C=O) groups is 3. The van der Waals surface area contributed by atoms with Crippen LogP contribution in [0.4, 0.5) is 5.69 Å². The number of ether oxygens (including phenoxy) is 1. The van der Waals surface area contributed by atoms with Crippen LogP contribution in [-0.4, -0.2) is 54.4 Å². The van der Waals surface area contributed by atoms with E-state index in [0.717, 1.165) is 0 Å². The van der Waals surface area contributed by atoms with Gasteiger partial charge in [-0.2, -0.15) is 0 Å². The summed E-state index contributed by atoms with van der Waals surface area (Å²) in [6, 6.07) is 13.4. The number of aliphatic hydroxyl groups excluding tert-OH is 1. The molecule has 1 N–H and O–H groups in total. The van der Waals surface area contributed by atoms with Crippen LogP contribution < -0.4 is 4.90 Å². The van der Waals surface area contributed by atoms with E-state index in [2.05, 4.69) is 0 Å². The van der Waals surface area contributed by atoms with E-state index in [9.17, 15) is 19.5 Å². The number of carbonyl (C=O) groups excluding carboxylic acids is 3. The van der Waals surface area contributed by atoms with Crippen molar-refractivity contribution in [1.82, 2.24) is 4.90 Å². The molecule has 2 heterocycles. The molecule has 1 saturated heterocycles. The number of ketones is 1. The van der Waals surface area contributed by atoms with E-state index in [-0.39, 0.29) is 12.1 Å². The molecule has 4 rings (SSSR count). The van der Waals surface area contributed by atoms with Gasteiger partial charge in [-0.15, -0.1) is 0 Å². The predicted molar refractivity (Wildman–Crippen MR) is 125 cm³/mol. The zero-order chi connectivity index (χ0) is 23.8. The van der Waals surface area contributed by atoms with E-state index in [0.29, 0.717) is 47.8 Å². The lowest BCUT2D eigenvalue weighted by molar-refractivity contribution is -0.143. The molecule has 8 heteroatoms. The van der Waals surface area contributed by atoms with Gasteiger partial charge in [-0.1, -0.05) is 36.7 Å². The normalized spacial score (nSPS) is 21.4. The highest BCUT2D eigenvalue weighted by atomic mass is 35.5. The van der Waals surface area contributed by atoms with Gasteiger partial charge in [0.1, 0.15) is 5.76 Å². The van der Waals surface area contributed by atoms with Crippen LogP contribution in [0, 0.1) is 0 Å². The molecule has 0 aromatic heterocycles. The number of Topliss-reactive ketones (excluding diaryl/α,β-unsaturated/α-hetero) is 1. The summed E-state index contributed by atoms with van der Waals surface area (Å²) in [7, 11) is 1.55. The molecule has 1 spiro atoms. The van der Waals surface area contributed by atoms with Crippen LogP contribution in [0.25, 0.3) is 5.76 Å². The van der Waals surface area contributed by atoms with Gasteiger partial charge >= 0.3 is 0 Å². The first-order valence-corrected chi connectivity index (χ1v) is 11.2. The Morgan fingerprint density at radius 3 is 2.42 bits per heavy atom. The number of benzene rings is 2. The lowest BCUT2D eigenvalue weighted by Gasteiger charge is -2.34. The molecule has 1 atom stereocenters. The zero-order valence-corrected chi connectivity index (χ0v) is 19.3. The molecule has 0 bridgehead atoms. The molecular formula is C25H25ClN2O5. The summed E-state index contributed by atoms with van der Waals surface area (Å²) in [5.41, 5.74) is -0.519. The number of rotatable bonds is 7. The first-order valence-electron chi connectivity index (χ1n) is 10.9. The molecule has 33 heavy (non-hydrogen) atoms. The second-order valence-corrected chi connectivity index (χ2v) is 8.48. The Bertz CT molecular complexity index is 1140. The topological polar surface area (TPSA) is 87.2 Å². The van der Waals surface area contributed by atoms with E-state index in [1.165, 1.54) is 4.90 Å². The number of fused-ring (bicyclic) bond motifs is 2. The Hall–Kier alpha value is -3.16. The number of nitrogens with zero attached hydrogens (tertiary/aromatic N) is 2. The minimum atomic E-state index is -1.74. The second-order valence-electron chi connectivity index (χ2n) is 8.05. The number of halogens is 1. The van der Waals surface area contributed by atoms with Crippen molar-refractivity contribution >= 4 is 40.6 Å².